The number of aromatic nitrogens is 2. The molecule has 19 heavy (non-hydrogen) atoms. The van der Waals surface area contributed by atoms with Gasteiger partial charge in [0.25, 0.3) is 0 Å². The predicted molar refractivity (Wildman–Crippen MR) is 78.2 cm³/mol. The van der Waals surface area contributed by atoms with Gasteiger partial charge in [-0.2, -0.15) is 0 Å². The van der Waals surface area contributed by atoms with E-state index in [9.17, 15) is 4.39 Å². The van der Waals surface area contributed by atoms with Crippen LogP contribution in [-0.2, 0) is 0 Å². The summed E-state index contributed by atoms with van der Waals surface area (Å²) in [6, 6.07) is 10.2. The maximum Gasteiger partial charge on any atom is 0.205 e. The van der Waals surface area contributed by atoms with E-state index in [1.165, 1.54) is 6.07 Å². The zero-order valence-electron chi connectivity index (χ0n) is 9.57. The fraction of sp³-hybridized carbons (Fsp3) is 0. The lowest BCUT2D eigenvalue weighted by molar-refractivity contribution is 0.623. The SMILES string of the molecule is Nc1nc2cc(F)c(Br)cc2n1-c1ccc(Cl)cc1. The first-order valence-electron chi connectivity index (χ1n) is 5.45. The molecule has 1 aromatic heterocycles. The van der Waals surface area contributed by atoms with Crippen LogP contribution in [0.2, 0.25) is 5.02 Å². The zero-order valence-corrected chi connectivity index (χ0v) is 11.9. The standard InChI is InChI=1S/C13H8BrClFN3/c14-9-5-12-11(6-10(9)16)18-13(17)19(12)8-3-1-7(15)2-4-8/h1-6H,(H2,17,18). The molecule has 0 aliphatic carbocycles. The third-order valence-electron chi connectivity index (χ3n) is 2.81. The maximum absolute atomic E-state index is 13.5. The summed E-state index contributed by atoms with van der Waals surface area (Å²) in [6.07, 6.45) is 0. The smallest absolute Gasteiger partial charge is 0.205 e. The largest absolute Gasteiger partial charge is 0.369 e. The molecule has 96 valence electrons. The Morgan fingerprint density at radius 2 is 1.89 bits per heavy atom. The van der Waals surface area contributed by atoms with Gasteiger partial charge in [0.1, 0.15) is 5.82 Å². The van der Waals surface area contributed by atoms with Crippen molar-refractivity contribution in [2.75, 3.05) is 5.73 Å². The monoisotopic (exact) mass is 339 g/mol. The molecule has 0 bridgehead atoms. The number of nitrogen functional groups attached to an aromatic ring is 1. The van der Waals surface area contributed by atoms with Gasteiger partial charge < -0.3 is 5.73 Å². The third kappa shape index (κ3) is 2.09. The molecular formula is C13H8BrClFN3. The highest BCUT2D eigenvalue weighted by Crippen LogP contribution is 2.28. The number of benzene rings is 2. The van der Waals surface area contributed by atoms with Crippen LogP contribution >= 0.6 is 27.5 Å². The minimum Gasteiger partial charge on any atom is -0.369 e. The van der Waals surface area contributed by atoms with Crippen molar-refractivity contribution in [2.24, 2.45) is 0 Å². The van der Waals surface area contributed by atoms with Crippen LogP contribution in [0, 0.1) is 5.82 Å². The van der Waals surface area contributed by atoms with Gasteiger partial charge in [0.15, 0.2) is 0 Å². The van der Waals surface area contributed by atoms with Gasteiger partial charge in [-0.1, -0.05) is 11.6 Å². The van der Waals surface area contributed by atoms with Crippen LogP contribution in [0.5, 0.6) is 0 Å². The summed E-state index contributed by atoms with van der Waals surface area (Å²) < 4.78 is 15.6. The van der Waals surface area contributed by atoms with E-state index in [-0.39, 0.29) is 5.82 Å². The highest BCUT2D eigenvalue weighted by Gasteiger charge is 2.12. The second-order valence-corrected chi connectivity index (χ2v) is 5.33. The Morgan fingerprint density at radius 3 is 2.58 bits per heavy atom. The molecule has 0 aliphatic rings. The van der Waals surface area contributed by atoms with Crippen molar-refractivity contribution in [1.82, 2.24) is 9.55 Å². The molecule has 0 saturated carbocycles. The molecule has 2 N–H and O–H groups in total. The van der Waals surface area contributed by atoms with Gasteiger partial charge in [0.05, 0.1) is 15.5 Å². The van der Waals surface area contributed by atoms with Gasteiger partial charge >= 0.3 is 0 Å². The third-order valence-corrected chi connectivity index (χ3v) is 3.67. The predicted octanol–water partition coefficient (Wildman–Crippen LogP) is 4.16. The first-order valence-corrected chi connectivity index (χ1v) is 6.62. The normalized spacial score (nSPS) is 11.1. The van der Waals surface area contributed by atoms with Crippen LogP contribution in [0.3, 0.4) is 0 Å². The number of imidazole rings is 1. The molecule has 0 aliphatic heterocycles. The molecule has 0 atom stereocenters. The molecule has 2 aromatic carbocycles. The first kappa shape index (κ1) is 12.4. The van der Waals surface area contributed by atoms with E-state index in [0.29, 0.717) is 21.0 Å². The average molecular weight is 341 g/mol. The van der Waals surface area contributed by atoms with Crippen LogP contribution < -0.4 is 5.73 Å². The summed E-state index contributed by atoms with van der Waals surface area (Å²) in [5.74, 6) is -0.0666. The van der Waals surface area contributed by atoms with Crippen LogP contribution in [0.15, 0.2) is 40.9 Å². The van der Waals surface area contributed by atoms with Crippen LogP contribution in [0.1, 0.15) is 0 Å². The Bertz CT molecular complexity index is 768. The van der Waals surface area contributed by atoms with Gasteiger partial charge in [0.2, 0.25) is 5.95 Å². The lowest BCUT2D eigenvalue weighted by Crippen LogP contribution is -2.00. The van der Waals surface area contributed by atoms with Crippen molar-refractivity contribution in [3.05, 3.63) is 51.7 Å². The van der Waals surface area contributed by atoms with E-state index in [1.807, 2.05) is 12.1 Å². The number of hydrogen-bond donors (Lipinski definition) is 1. The summed E-state index contributed by atoms with van der Waals surface area (Å²) >= 11 is 9.03. The Hall–Kier alpha value is -1.59. The Labute approximate surface area is 121 Å². The Morgan fingerprint density at radius 1 is 1.21 bits per heavy atom. The summed E-state index contributed by atoms with van der Waals surface area (Å²) in [5, 5.41) is 0.638. The second kappa shape index (κ2) is 4.51. The van der Waals surface area contributed by atoms with Gasteiger partial charge in [-0.3, -0.25) is 4.57 Å². The minimum atomic E-state index is -0.367. The maximum atomic E-state index is 13.5. The van der Waals surface area contributed by atoms with E-state index in [2.05, 4.69) is 20.9 Å². The van der Waals surface area contributed by atoms with Gasteiger partial charge in [0, 0.05) is 16.8 Å². The Balaban J connectivity index is 2.31. The molecule has 0 fully saturated rings. The van der Waals surface area contributed by atoms with Crippen molar-refractivity contribution >= 4 is 44.5 Å². The molecule has 1 heterocycles. The fourth-order valence-corrected chi connectivity index (χ4v) is 2.41. The zero-order chi connectivity index (χ0) is 13.6. The van der Waals surface area contributed by atoms with Crippen LogP contribution in [-0.4, -0.2) is 9.55 Å². The Kier molecular flexibility index (Phi) is 2.95. The van der Waals surface area contributed by atoms with Crippen molar-refractivity contribution < 1.29 is 4.39 Å². The van der Waals surface area contributed by atoms with E-state index in [1.54, 1.807) is 22.8 Å². The van der Waals surface area contributed by atoms with Gasteiger partial charge in [-0.25, -0.2) is 9.37 Å². The van der Waals surface area contributed by atoms with Crippen molar-refractivity contribution in [2.45, 2.75) is 0 Å². The van der Waals surface area contributed by atoms with E-state index in [4.69, 9.17) is 17.3 Å². The van der Waals surface area contributed by atoms with Crippen LogP contribution in [0.4, 0.5) is 10.3 Å². The van der Waals surface area contributed by atoms with Crippen molar-refractivity contribution in [3.8, 4) is 5.69 Å². The van der Waals surface area contributed by atoms with Crippen molar-refractivity contribution in [3.63, 3.8) is 0 Å². The number of rotatable bonds is 1. The quantitative estimate of drug-likeness (QED) is 0.723. The molecule has 6 heteroatoms. The van der Waals surface area contributed by atoms with Crippen molar-refractivity contribution in [1.29, 1.82) is 0 Å². The minimum absolute atomic E-state index is 0.301. The molecule has 0 saturated heterocycles. The molecule has 0 amide bonds. The average Bonchev–Trinajstić information content (AvgIpc) is 2.67. The number of hydrogen-bond acceptors (Lipinski definition) is 2. The number of nitrogens with two attached hydrogens (primary N) is 1. The fourth-order valence-electron chi connectivity index (χ4n) is 1.95. The number of fused-ring (bicyclic) bond motifs is 1. The first-order chi connectivity index (χ1) is 9.06. The lowest BCUT2D eigenvalue weighted by Gasteiger charge is -2.06. The molecular weight excluding hydrogens is 333 g/mol. The van der Waals surface area contributed by atoms with Gasteiger partial charge in [-0.15, -0.1) is 0 Å². The lowest BCUT2D eigenvalue weighted by atomic mass is 10.2. The molecule has 0 spiro atoms. The molecule has 0 unspecified atom stereocenters. The summed E-state index contributed by atoms with van der Waals surface area (Å²) in [6.45, 7) is 0. The van der Waals surface area contributed by atoms with E-state index >= 15 is 0 Å². The molecule has 3 aromatic rings. The summed E-state index contributed by atoms with van der Waals surface area (Å²) in [5.41, 5.74) is 7.96. The highest BCUT2D eigenvalue weighted by molar-refractivity contribution is 9.10. The number of halogens is 3. The van der Waals surface area contributed by atoms with E-state index in [0.717, 1.165) is 11.2 Å². The van der Waals surface area contributed by atoms with E-state index < -0.39 is 0 Å². The molecule has 0 radical (unpaired) electrons. The number of nitrogens with zero attached hydrogens (tertiary/aromatic N) is 2. The topological polar surface area (TPSA) is 43.8 Å². The summed E-state index contributed by atoms with van der Waals surface area (Å²) in [4.78, 5) is 4.16. The van der Waals surface area contributed by atoms with Gasteiger partial charge in [-0.05, 0) is 46.3 Å². The second-order valence-electron chi connectivity index (χ2n) is 4.04. The van der Waals surface area contributed by atoms with Crippen LogP contribution in [0.25, 0.3) is 16.7 Å². The number of anilines is 1. The molecule has 3 rings (SSSR count). The summed E-state index contributed by atoms with van der Waals surface area (Å²) in [7, 11) is 0. The highest BCUT2D eigenvalue weighted by atomic mass is 79.9. The molecule has 3 nitrogen and oxygen atoms in total.